The van der Waals surface area contributed by atoms with E-state index >= 15 is 0 Å². The van der Waals surface area contributed by atoms with Crippen LogP contribution in [0.2, 0.25) is 5.02 Å². The van der Waals surface area contributed by atoms with Crippen LogP contribution in [0.25, 0.3) is 16.9 Å². The lowest BCUT2D eigenvalue weighted by Crippen LogP contribution is -1.97. The maximum absolute atomic E-state index is 13.6. The van der Waals surface area contributed by atoms with Crippen LogP contribution in [0.1, 0.15) is 24.7 Å². The topological polar surface area (TPSA) is 55.1 Å². The van der Waals surface area contributed by atoms with E-state index in [2.05, 4.69) is 27.2 Å². The zero-order chi connectivity index (χ0) is 19.7. The molecule has 0 saturated carbocycles. The van der Waals surface area contributed by atoms with Gasteiger partial charge in [-0.15, -0.1) is 12.4 Å². The van der Waals surface area contributed by atoms with E-state index in [1.165, 1.54) is 12.1 Å². The summed E-state index contributed by atoms with van der Waals surface area (Å²) in [6.45, 7) is 4.03. The van der Waals surface area contributed by atoms with E-state index in [4.69, 9.17) is 11.6 Å². The summed E-state index contributed by atoms with van der Waals surface area (Å²) in [7, 11) is 0. The molecule has 0 spiro atoms. The predicted octanol–water partition coefficient (Wildman–Crippen LogP) is 6.01. The van der Waals surface area contributed by atoms with Crippen LogP contribution in [0.5, 0.6) is 0 Å². The number of hydrogen-bond acceptors (Lipinski definition) is 4. The van der Waals surface area contributed by atoms with Crippen LogP contribution in [0.4, 0.5) is 15.9 Å². The summed E-state index contributed by atoms with van der Waals surface area (Å²) in [5.41, 5.74) is 4.89. The van der Waals surface area contributed by atoms with Gasteiger partial charge in [0.1, 0.15) is 17.3 Å². The van der Waals surface area contributed by atoms with Gasteiger partial charge in [-0.2, -0.15) is 0 Å². The molecule has 0 aliphatic heterocycles. The maximum Gasteiger partial charge on any atom is 0.149 e. The third-order valence-electron chi connectivity index (χ3n) is 4.46. The van der Waals surface area contributed by atoms with Crippen molar-refractivity contribution in [1.82, 2.24) is 19.4 Å². The summed E-state index contributed by atoms with van der Waals surface area (Å²) in [4.78, 5) is 13.3. The largest absolute Gasteiger partial charge is 0.338 e. The van der Waals surface area contributed by atoms with Crippen molar-refractivity contribution in [2.75, 3.05) is 5.32 Å². The minimum Gasteiger partial charge on any atom is -0.338 e. The van der Waals surface area contributed by atoms with Gasteiger partial charge in [-0.25, -0.2) is 14.4 Å². The summed E-state index contributed by atoms with van der Waals surface area (Å²) < 4.78 is 15.5. The molecule has 0 atom stereocenters. The van der Waals surface area contributed by atoms with Gasteiger partial charge in [0, 0.05) is 29.7 Å². The average Bonchev–Trinajstić information content (AvgIpc) is 3.03. The Hall–Kier alpha value is -2.70. The van der Waals surface area contributed by atoms with Gasteiger partial charge in [-0.05, 0) is 37.6 Å². The molecule has 0 saturated heterocycles. The Morgan fingerprint density at radius 1 is 1.14 bits per heavy atom. The molecule has 4 aromatic rings. The second kappa shape index (κ2) is 8.76. The zero-order valence-corrected chi connectivity index (χ0v) is 17.6. The van der Waals surface area contributed by atoms with Crippen LogP contribution in [0.3, 0.4) is 0 Å². The smallest absolute Gasteiger partial charge is 0.149 e. The molecule has 4 heterocycles. The fourth-order valence-electron chi connectivity index (χ4n) is 3.12. The summed E-state index contributed by atoms with van der Waals surface area (Å²) in [6, 6.07) is 8.53. The number of halogens is 3. The van der Waals surface area contributed by atoms with Crippen molar-refractivity contribution in [2.45, 2.75) is 26.7 Å². The highest BCUT2D eigenvalue weighted by Crippen LogP contribution is 2.31. The number of anilines is 2. The third kappa shape index (κ3) is 4.33. The van der Waals surface area contributed by atoms with Crippen LogP contribution in [-0.4, -0.2) is 19.4 Å². The molecule has 5 nitrogen and oxygen atoms in total. The Labute approximate surface area is 179 Å². The summed E-state index contributed by atoms with van der Waals surface area (Å²) >= 11 is 6.47. The number of aromatic nitrogens is 4. The Morgan fingerprint density at radius 2 is 1.97 bits per heavy atom. The molecule has 0 radical (unpaired) electrons. The van der Waals surface area contributed by atoms with Crippen molar-refractivity contribution in [3.8, 4) is 11.3 Å². The second-order valence-corrected chi connectivity index (χ2v) is 7.01. The lowest BCUT2D eigenvalue weighted by molar-refractivity contribution is 0.626. The van der Waals surface area contributed by atoms with Gasteiger partial charge in [-0.3, -0.25) is 4.98 Å². The molecule has 1 N–H and O–H groups in total. The molecule has 0 fully saturated rings. The predicted molar refractivity (Wildman–Crippen MR) is 117 cm³/mol. The first-order valence-electron chi connectivity index (χ1n) is 9.07. The van der Waals surface area contributed by atoms with E-state index in [-0.39, 0.29) is 18.2 Å². The van der Waals surface area contributed by atoms with Crippen LogP contribution >= 0.6 is 24.0 Å². The molecule has 0 aromatic carbocycles. The molecule has 29 heavy (non-hydrogen) atoms. The van der Waals surface area contributed by atoms with E-state index < -0.39 is 0 Å². The van der Waals surface area contributed by atoms with Crippen molar-refractivity contribution >= 4 is 41.2 Å². The quantitative estimate of drug-likeness (QED) is 0.420. The number of rotatable bonds is 5. The zero-order valence-electron chi connectivity index (χ0n) is 16.0. The first kappa shape index (κ1) is 21.0. The van der Waals surface area contributed by atoms with Crippen molar-refractivity contribution in [3.05, 3.63) is 71.2 Å². The normalized spacial score (nSPS) is 10.8. The molecular weight excluding hydrogens is 412 g/mol. The third-order valence-corrected chi connectivity index (χ3v) is 4.75. The fraction of sp³-hybridized carbons (Fsp3) is 0.190. The van der Waals surface area contributed by atoms with Gasteiger partial charge in [0.2, 0.25) is 0 Å². The number of nitrogens with one attached hydrogen (secondary N) is 1. The van der Waals surface area contributed by atoms with E-state index in [1.54, 1.807) is 18.6 Å². The first-order chi connectivity index (χ1) is 13.5. The van der Waals surface area contributed by atoms with E-state index in [0.717, 1.165) is 41.2 Å². The Bertz CT molecular complexity index is 1140. The molecular formula is C21H20Cl2FN5. The van der Waals surface area contributed by atoms with Crippen molar-refractivity contribution in [2.24, 2.45) is 0 Å². The Balaban J connectivity index is 0.00000240. The highest BCUT2D eigenvalue weighted by atomic mass is 35.5. The summed E-state index contributed by atoms with van der Waals surface area (Å²) in [5.74, 6) is 0.234. The molecule has 0 bridgehead atoms. The van der Waals surface area contributed by atoms with Crippen LogP contribution < -0.4 is 5.32 Å². The van der Waals surface area contributed by atoms with Gasteiger partial charge in [0.05, 0.1) is 28.3 Å². The summed E-state index contributed by atoms with van der Waals surface area (Å²) in [6.07, 6.45) is 6.93. The average molecular weight is 432 g/mol. The highest BCUT2D eigenvalue weighted by molar-refractivity contribution is 6.33. The Morgan fingerprint density at radius 3 is 2.66 bits per heavy atom. The molecule has 4 aromatic heterocycles. The molecule has 4 rings (SSSR count). The highest BCUT2D eigenvalue weighted by Gasteiger charge is 2.16. The van der Waals surface area contributed by atoms with Crippen molar-refractivity contribution in [3.63, 3.8) is 0 Å². The van der Waals surface area contributed by atoms with E-state index in [0.29, 0.717) is 16.5 Å². The fourth-order valence-corrected chi connectivity index (χ4v) is 3.33. The van der Waals surface area contributed by atoms with Gasteiger partial charge in [-0.1, -0.05) is 24.9 Å². The Kier molecular flexibility index (Phi) is 6.35. The number of aryl methyl sites for hydroxylation is 2. The van der Waals surface area contributed by atoms with Gasteiger partial charge < -0.3 is 9.72 Å². The van der Waals surface area contributed by atoms with E-state index in [1.807, 2.05) is 29.5 Å². The standard InChI is InChI=1S/C21H19ClFN5.ClH/c1-3-4-18-20(27-19-10-15(23)7-8-28(18)19)14-9-17(22)21(25-11-14)26-16-6-5-13(2)24-12-16;/h5-12H,3-4H2,1-2H3,(H,25,26);1H. The van der Waals surface area contributed by atoms with Gasteiger partial charge in [0.25, 0.3) is 0 Å². The lowest BCUT2D eigenvalue weighted by Gasteiger charge is -2.09. The number of nitrogens with zero attached hydrogens (tertiary/aromatic N) is 4. The van der Waals surface area contributed by atoms with Crippen LogP contribution in [0.15, 0.2) is 48.9 Å². The number of imidazole rings is 1. The molecule has 8 heteroatoms. The molecule has 0 aliphatic carbocycles. The maximum atomic E-state index is 13.6. The molecule has 150 valence electrons. The van der Waals surface area contributed by atoms with Gasteiger partial charge in [0.15, 0.2) is 0 Å². The molecule has 0 aliphatic rings. The van der Waals surface area contributed by atoms with Crippen molar-refractivity contribution < 1.29 is 4.39 Å². The van der Waals surface area contributed by atoms with Crippen LogP contribution in [0, 0.1) is 12.7 Å². The number of fused-ring (bicyclic) bond motifs is 1. The SMILES string of the molecule is CCCc1c(-c2cnc(Nc3ccc(C)nc3)c(Cl)c2)nc2cc(F)ccn12.Cl. The number of pyridine rings is 3. The minimum atomic E-state index is -0.311. The van der Waals surface area contributed by atoms with E-state index in [9.17, 15) is 4.39 Å². The van der Waals surface area contributed by atoms with Crippen LogP contribution in [-0.2, 0) is 6.42 Å². The second-order valence-electron chi connectivity index (χ2n) is 6.60. The van der Waals surface area contributed by atoms with Crippen molar-refractivity contribution in [1.29, 1.82) is 0 Å². The van der Waals surface area contributed by atoms with Gasteiger partial charge >= 0.3 is 0 Å². The molecule has 0 unspecified atom stereocenters. The summed E-state index contributed by atoms with van der Waals surface area (Å²) in [5, 5.41) is 3.65. The lowest BCUT2D eigenvalue weighted by atomic mass is 10.1. The minimum absolute atomic E-state index is 0. The number of hydrogen-bond donors (Lipinski definition) is 1. The molecule has 0 amide bonds. The monoisotopic (exact) mass is 431 g/mol. The first-order valence-corrected chi connectivity index (χ1v) is 9.45.